The first-order chi connectivity index (χ1) is 13.4. The minimum Gasteiger partial charge on any atom is -0.309 e. The minimum atomic E-state index is -4.56. The lowest BCUT2D eigenvalue weighted by atomic mass is 9.73. The molecule has 9 heteroatoms. The summed E-state index contributed by atoms with van der Waals surface area (Å²) in [6.07, 6.45) is 1.71. The second-order valence-electron chi connectivity index (χ2n) is 7.23. The third-order valence-electron chi connectivity index (χ3n) is 5.48. The Labute approximate surface area is 159 Å². The molecule has 3 N–H and O–H groups in total. The molecule has 0 bridgehead atoms. The van der Waals surface area contributed by atoms with Gasteiger partial charge in [-0.25, -0.2) is 10.4 Å². The molecule has 2 aliphatic rings. The molecule has 1 aliphatic carbocycles. The number of nitrogens with one attached hydrogen (secondary N) is 3. The highest BCUT2D eigenvalue weighted by Gasteiger charge is 2.44. The molecular weight excluding hydrogens is 371 g/mol. The van der Waals surface area contributed by atoms with Crippen molar-refractivity contribution in [3.63, 3.8) is 0 Å². The standard InChI is InChI=1S/C19H20F3N5O/c20-19(21,22)15-4-1-5-16(24-15)25-18(28)17-13-9-11(6-7-14(13)26-27-17)12-3-2-8-23-10-12/h1-5,8,10-11,13-14,17,26-27H,6-7,9H2,(H,24,25,28). The van der Waals surface area contributed by atoms with Crippen LogP contribution >= 0.6 is 0 Å². The summed E-state index contributed by atoms with van der Waals surface area (Å²) in [5.41, 5.74) is 6.28. The third kappa shape index (κ3) is 3.85. The molecule has 3 heterocycles. The van der Waals surface area contributed by atoms with Crippen molar-refractivity contribution in [2.45, 2.75) is 43.4 Å². The Morgan fingerprint density at radius 2 is 2.00 bits per heavy atom. The first-order valence-corrected chi connectivity index (χ1v) is 9.18. The van der Waals surface area contributed by atoms with Gasteiger partial charge in [0.25, 0.3) is 0 Å². The summed E-state index contributed by atoms with van der Waals surface area (Å²) in [5, 5.41) is 2.52. The molecule has 1 saturated heterocycles. The predicted octanol–water partition coefficient (Wildman–Crippen LogP) is 2.86. The number of aromatic nitrogens is 2. The van der Waals surface area contributed by atoms with Crippen molar-refractivity contribution < 1.29 is 18.0 Å². The van der Waals surface area contributed by atoms with Crippen LogP contribution in [0.5, 0.6) is 0 Å². The van der Waals surface area contributed by atoms with Crippen LogP contribution in [0.1, 0.15) is 36.4 Å². The Bertz CT molecular complexity index is 845. The quantitative estimate of drug-likeness (QED) is 0.750. The van der Waals surface area contributed by atoms with E-state index in [4.69, 9.17) is 0 Å². The zero-order valence-electron chi connectivity index (χ0n) is 14.9. The summed E-state index contributed by atoms with van der Waals surface area (Å²) < 4.78 is 38.5. The zero-order chi connectivity index (χ0) is 19.7. The first kappa shape index (κ1) is 18.8. The zero-order valence-corrected chi connectivity index (χ0v) is 14.9. The van der Waals surface area contributed by atoms with E-state index in [1.165, 1.54) is 12.1 Å². The summed E-state index contributed by atoms with van der Waals surface area (Å²) >= 11 is 0. The Kier molecular flexibility index (Phi) is 5.03. The van der Waals surface area contributed by atoms with Gasteiger partial charge in [-0.05, 0) is 48.9 Å². The molecule has 2 fully saturated rings. The molecule has 1 amide bonds. The average molecular weight is 391 g/mol. The smallest absolute Gasteiger partial charge is 0.309 e. The second-order valence-corrected chi connectivity index (χ2v) is 7.23. The number of carbonyl (C=O) groups is 1. The van der Waals surface area contributed by atoms with E-state index in [1.807, 2.05) is 18.3 Å². The average Bonchev–Trinajstić information content (AvgIpc) is 3.11. The Balaban J connectivity index is 1.46. The molecule has 0 radical (unpaired) electrons. The van der Waals surface area contributed by atoms with Gasteiger partial charge in [-0.3, -0.25) is 15.2 Å². The van der Waals surface area contributed by atoms with E-state index < -0.39 is 23.8 Å². The summed E-state index contributed by atoms with van der Waals surface area (Å²) in [6, 6.07) is 7.01. The fourth-order valence-corrected chi connectivity index (χ4v) is 4.10. The van der Waals surface area contributed by atoms with Gasteiger partial charge in [0.05, 0.1) is 0 Å². The number of hydrogen-bond donors (Lipinski definition) is 3. The van der Waals surface area contributed by atoms with Gasteiger partial charge < -0.3 is 5.32 Å². The number of nitrogens with zero attached hydrogens (tertiary/aromatic N) is 2. The van der Waals surface area contributed by atoms with Crippen molar-refractivity contribution in [1.82, 2.24) is 20.8 Å². The third-order valence-corrected chi connectivity index (χ3v) is 5.48. The Morgan fingerprint density at radius 3 is 2.75 bits per heavy atom. The first-order valence-electron chi connectivity index (χ1n) is 9.18. The fraction of sp³-hybridized carbons (Fsp3) is 0.421. The Hall–Kier alpha value is -2.52. The number of rotatable bonds is 3. The predicted molar refractivity (Wildman–Crippen MR) is 96.0 cm³/mol. The summed E-state index contributed by atoms with van der Waals surface area (Å²) in [7, 11) is 0. The molecule has 2 aromatic heterocycles. The van der Waals surface area contributed by atoms with Crippen LogP contribution in [0.25, 0.3) is 0 Å². The largest absolute Gasteiger partial charge is 0.433 e. The van der Waals surface area contributed by atoms with E-state index in [0.717, 1.165) is 30.9 Å². The van der Waals surface area contributed by atoms with Crippen LogP contribution in [0.2, 0.25) is 0 Å². The topological polar surface area (TPSA) is 78.9 Å². The van der Waals surface area contributed by atoms with Crippen LogP contribution in [0, 0.1) is 5.92 Å². The van der Waals surface area contributed by atoms with Gasteiger partial charge in [0.1, 0.15) is 17.6 Å². The number of hydrazine groups is 1. The van der Waals surface area contributed by atoms with Crippen molar-refractivity contribution in [1.29, 1.82) is 0 Å². The van der Waals surface area contributed by atoms with Crippen molar-refractivity contribution in [2.75, 3.05) is 5.32 Å². The number of halogens is 3. The van der Waals surface area contributed by atoms with Gasteiger partial charge in [0.2, 0.25) is 5.91 Å². The molecular formula is C19H20F3N5O. The molecule has 4 unspecified atom stereocenters. The molecule has 28 heavy (non-hydrogen) atoms. The molecule has 4 atom stereocenters. The normalized spacial score (nSPS) is 27.2. The van der Waals surface area contributed by atoms with Crippen molar-refractivity contribution in [3.8, 4) is 0 Å². The number of hydrogen-bond acceptors (Lipinski definition) is 5. The van der Waals surface area contributed by atoms with Crippen molar-refractivity contribution in [3.05, 3.63) is 54.0 Å². The minimum absolute atomic E-state index is 0.0322. The maximum Gasteiger partial charge on any atom is 0.433 e. The number of pyridine rings is 2. The number of carbonyl (C=O) groups excluding carboxylic acids is 1. The van der Waals surface area contributed by atoms with E-state index in [9.17, 15) is 18.0 Å². The van der Waals surface area contributed by atoms with Gasteiger partial charge in [0.15, 0.2) is 0 Å². The van der Waals surface area contributed by atoms with E-state index >= 15 is 0 Å². The SMILES string of the molecule is O=C(Nc1cccc(C(F)(F)F)n1)C1NNC2CCC(c3cccnc3)CC21. The lowest BCUT2D eigenvalue weighted by Crippen LogP contribution is -2.42. The van der Waals surface area contributed by atoms with E-state index in [-0.39, 0.29) is 17.8 Å². The van der Waals surface area contributed by atoms with E-state index in [1.54, 1.807) is 6.20 Å². The lowest BCUT2D eigenvalue weighted by Gasteiger charge is -2.32. The molecule has 0 spiro atoms. The van der Waals surface area contributed by atoms with Gasteiger partial charge in [-0.1, -0.05) is 12.1 Å². The van der Waals surface area contributed by atoms with Crippen LogP contribution < -0.4 is 16.2 Å². The second kappa shape index (κ2) is 7.48. The van der Waals surface area contributed by atoms with Gasteiger partial charge >= 0.3 is 6.18 Å². The molecule has 2 aromatic rings. The van der Waals surface area contributed by atoms with E-state index in [0.29, 0.717) is 5.92 Å². The maximum atomic E-state index is 12.8. The van der Waals surface area contributed by atoms with Crippen LogP contribution in [0.4, 0.5) is 19.0 Å². The van der Waals surface area contributed by atoms with Gasteiger partial charge in [-0.2, -0.15) is 13.2 Å². The molecule has 1 aliphatic heterocycles. The highest BCUT2D eigenvalue weighted by molar-refractivity contribution is 5.94. The fourth-order valence-electron chi connectivity index (χ4n) is 4.10. The number of amides is 1. The van der Waals surface area contributed by atoms with E-state index in [2.05, 4.69) is 26.1 Å². The van der Waals surface area contributed by atoms with Crippen LogP contribution in [0.15, 0.2) is 42.7 Å². The maximum absolute atomic E-state index is 12.8. The number of fused-ring (bicyclic) bond motifs is 1. The molecule has 0 aromatic carbocycles. The summed E-state index contributed by atoms with van der Waals surface area (Å²) in [6.45, 7) is 0. The molecule has 1 saturated carbocycles. The summed E-state index contributed by atoms with van der Waals surface area (Å²) in [4.78, 5) is 20.4. The molecule has 148 valence electrons. The highest BCUT2D eigenvalue weighted by atomic mass is 19.4. The Morgan fingerprint density at radius 1 is 1.14 bits per heavy atom. The number of alkyl halides is 3. The van der Waals surface area contributed by atoms with Crippen molar-refractivity contribution in [2.24, 2.45) is 5.92 Å². The lowest BCUT2D eigenvalue weighted by molar-refractivity contribution is -0.141. The monoisotopic (exact) mass is 391 g/mol. The molecule has 6 nitrogen and oxygen atoms in total. The van der Waals surface area contributed by atoms with Crippen LogP contribution in [-0.4, -0.2) is 28.0 Å². The van der Waals surface area contributed by atoms with Crippen LogP contribution in [0.3, 0.4) is 0 Å². The molecule has 4 rings (SSSR count). The highest BCUT2D eigenvalue weighted by Crippen LogP contribution is 2.39. The van der Waals surface area contributed by atoms with Crippen molar-refractivity contribution >= 4 is 11.7 Å². The van der Waals surface area contributed by atoms with Gasteiger partial charge in [-0.15, -0.1) is 0 Å². The van der Waals surface area contributed by atoms with Gasteiger partial charge in [0, 0.05) is 24.4 Å². The van der Waals surface area contributed by atoms with Crippen LogP contribution in [-0.2, 0) is 11.0 Å². The number of anilines is 1. The summed E-state index contributed by atoms with van der Waals surface area (Å²) in [5.74, 6) is -0.160.